The summed E-state index contributed by atoms with van der Waals surface area (Å²) < 4.78 is 8.24. The molecule has 14 nitrogen and oxygen atoms in total. The van der Waals surface area contributed by atoms with E-state index in [2.05, 4.69) is 20.3 Å². The van der Waals surface area contributed by atoms with Crippen LogP contribution in [0, 0.1) is 0 Å². The normalized spacial score (nSPS) is 13.5. The molecule has 0 aliphatic carbocycles. The van der Waals surface area contributed by atoms with Gasteiger partial charge in [-0.25, -0.2) is 14.5 Å². The highest BCUT2D eigenvalue weighted by Gasteiger charge is 2.29. The summed E-state index contributed by atoms with van der Waals surface area (Å²) in [7, 11) is 1.50. The van der Waals surface area contributed by atoms with Crippen molar-refractivity contribution in [2.45, 2.75) is 18.9 Å². The number of aromatic nitrogens is 7. The fraction of sp³-hybridized carbons (Fsp3) is 0.207. The van der Waals surface area contributed by atoms with E-state index in [1.807, 2.05) is 6.07 Å². The summed E-state index contributed by atoms with van der Waals surface area (Å²) in [6.07, 6.45) is 3.16. The van der Waals surface area contributed by atoms with Crippen LogP contribution in [0.4, 0.5) is 10.5 Å². The number of nitrogens with zero attached hydrogens (tertiary/aromatic N) is 7. The molecule has 0 spiro atoms. The Morgan fingerprint density at radius 3 is 2.63 bits per heavy atom. The van der Waals surface area contributed by atoms with Gasteiger partial charge < -0.3 is 24.5 Å². The molecule has 1 aliphatic heterocycles. The van der Waals surface area contributed by atoms with E-state index in [1.165, 1.54) is 18.0 Å². The summed E-state index contributed by atoms with van der Waals surface area (Å²) in [6.45, 7) is 0.147. The number of methoxy groups -OCH3 is 1. The number of amides is 1. The molecule has 1 aliphatic rings. The van der Waals surface area contributed by atoms with Gasteiger partial charge in [-0.2, -0.15) is 0 Å². The number of ether oxygens (including phenoxy) is 1. The van der Waals surface area contributed by atoms with Crippen molar-refractivity contribution in [3.8, 4) is 28.2 Å². The topological polar surface area (TPSA) is 181 Å². The first kappa shape index (κ1) is 32.6. The molecule has 0 fully saturated rings. The number of benzene rings is 1. The number of halogens is 3. The van der Waals surface area contributed by atoms with E-state index in [9.17, 15) is 14.7 Å². The van der Waals surface area contributed by atoms with Crippen LogP contribution in [-0.2, 0) is 16.0 Å². The minimum Gasteiger partial charge on any atom is -0.483 e. The van der Waals surface area contributed by atoms with Gasteiger partial charge in [-0.05, 0) is 54.8 Å². The second-order valence-electron chi connectivity index (χ2n) is 9.86. The molecule has 6 rings (SSSR count). The number of fused-ring (bicyclic) bond motifs is 1. The number of pyridine rings is 2. The summed E-state index contributed by atoms with van der Waals surface area (Å²) in [6, 6.07) is 11.7. The van der Waals surface area contributed by atoms with Gasteiger partial charge >= 0.3 is 6.09 Å². The van der Waals surface area contributed by atoms with Crippen LogP contribution >= 0.6 is 34.8 Å². The standard InChI is InChI=1S/C28H23Cl3N8O4.CH2O2/c1-43-9-8-37(28(41)42)18-3-5-20(32-13-18)25-26(31)34-27(33-25)22-7-4-17-10-15(11-24(40)39(17)22)19-12-16(29)2-6-21(19)38-14-23(30)35-36-38;2-1-3/h2-3,5-6,10-14,22H,4,7-9H2,1H3,(H,33,34)(H,41,42);1H,(H,2,3)/t22-;/m0./s1. The van der Waals surface area contributed by atoms with Crippen molar-refractivity contribution in [1.29, 1.82) is 0 Å². The zero-order valence-electron chi connectivity index (χ0n) is 24.0. The lowest BCUT2D eigenvalue weighted by Gasteiger charge is -2.18. The lowest BCUT2D eigenvalue weighted by molar-refractivity contribution is -0.122. The SMILES string of the molecule is COCCN(C(=O)O)c1ccc(-c2nc([C@@H]3CCc4cc(-c5cc(Cl)ccc5-n5cc(Cl)nn5)cc(=O)n43)[nH]c2Cl)nc1.O=CO. The monoisotopic (exact) mass is 686 g/mol. The second kappa shape index (κ2) is 14.1. The molecule has 1 atom stereocenters. The number of hydrogen-bond acceptors (Lipinski definition) is 8. The van der Waals surface area contributed by atoms with Gasteiger partial charge in [0.05, 0.1) is 48.7 Å². The third-order valence-corrected chi connectivity index (χ3v) is 7.84. The lowest BCUT2D eigenvalue weighted by atomic mass is 10.0. The summed E-state index contributed by atoms with van der Waals surface area (Å²) >= 11 is 18.9. The number of rotatable bonds is 8. The Morgan fingerprint density at radius 1 is 1.20 bits per heavy atom. The number of carboxylic acid groups (broad SMARTS) is 2. The van der Waals surface area contributed by atoms with E-state index in [-0.39, 0.29) is 41.5 Å². The Balaban J connectivity index is 0.00000134. The Hall–Kier alpha value is -4.76. The molecule has 3 N–H and O–H groups in total. The van der Waals surface area contributed by atoms with Gasteiger partial charge in [0.25, 0.3) is 12.0 Å². The largest absolute Gasteiger partial charge is 0.483 e. The van der Waals surface area contributed by atoms with Crippen molar-refractivity contribution in [2.75, 3.05) is 25.2 Å². The predicted octanol–water partition coefficient (Wildman–Crippen LogP) is 5.21. The number of nitrogens with one attached hydrogen (secondary N) is 1. The van der Waals surface area contributed by atoms with Crippen LogP contribution in [0.1, 0.15) is 24.0 Å². The highest BCUT2D eigenvalue weighted by molar-refractivity contribution is 6.32. The lowest BCUT2D eigenvalue weighted by Crippen LogP contribution is -2.32. The molecule has 17 heteroatoms. The van der Waals surface area contributed by atoms with Crippen LogP contribution in [0.25, 0.3) is 28.2 Å². The third kappa shape index (κ3) is 6.74. The van der Waals surface area contributed by atoms with Gasteiger partial charge in [-0.15, -0.1) is 5.10 Å². The van der Waals surface area contributed by atoms with Crippen molar-refractivity contribution < 1.29 is 24.5 Å². The van der Waals surface area contributed by atoms with Crippen molar-refractivity contribution in [2.24, 2.45) is 0 Å². The summed E-state index contributed by atoms with van der Waals surface area (Å²) in [5.41, 5.74) is 3.93. The minimum absolute atomic E-state index is 0.158. The van der Waals surface area contributed by atoms with Crippen LogP contribution in [0.3, 0.4) is 0 Å². The molecule has 1 aromatic carbocycles. The maximum absolute atomic E-state index is 13.5. The van der Waals surface area contributed by atoms with Gasteiger partial charge in [0.15, 0.2) is 5.15 Å². The molecule has 0 radical (unpaired) electrons. The van der Waals surface area contributed by atoms with E-state index < -0.39 is 6.09 Å². The first-order chi connectivity index (χ1) is 22.1. The molecular formula is C29H25Cl3N8O6. The summed E-state index contributed by atoms with van der Waals surface area (Å²) in [5.74, 6) is 0.521. The quantitative estimate of drug-likeness (QED) is 0.183. The number of aromatic amines is 1. The van der Waals surface area contributed by atoms with E-state index in [4.69, 9.17) is 54.4 Å². The van der Waals surface area contributed by atoms with E-state index in [0.29, 0.717) is 57.6 Å². The molecular weight excluding hydrogens is 663 g/mol. The fourth-order valence-corrected chi connectivity index (χ4v) is 5.74. The first-order valence-corrected chi connectivity index (χ1v) is 14.7. The zero-order valence-corrected chi connectivity index (χ0v) is 26.2. The molecule has 5 heterocycles. The van der Waals surface area contributed by atoms with E-state index in [1.54, 1.807) is 47.2 Å². The molecule has 4 aromatic heterocycles. The minimum atomic E-state index is -1.12. The fourth-order valence-electron chi connectivity index (χ4n) is 5.21. The molecule has 0 bridgehead atoms. The Morgan fingerprint density at radius 2 is 1.98 bits per heavy atom. The van der Waals surface area contributed by atoms with Crippen molar-refractivity contribution in [1.82, 2.24) is 34.5 Å². The number of hydrogen-bond donors (Lipinski definition) is 3. The van der Waals surface area contributed by atoms with Crippen molar-refractivity contribution in [3.05, 3.63) is 92.1 Å². The van der Waals surface area contributed by atoms with E-state index in [0.717, 1.165) is 10.6 Å². The average Bonchev–Trinajstić information content (AvgIpc) is 3.76. The molecule has 46 heavy (non-hydrogen) atoms. The van der Waals surface area contributed by atoms with Gasteiger partial charge in [0, 0.05) is 29.5 Å². The number of imidazole rings is 1. The number of carbonyl (C=O) groups is 2. The number of aryl methyl sites for hydroxylation is 1. The van der Waals surface area contributed by atoms with Gasteiger partial charge in [0.1, 0.15) is 16.7 Å². The van der Waals surface area contributed by atoms with Gasteiger partial charge in [0.2, 0.25) is 0 Å². The van der Waals surface area contributed by atoms with Crippen LogP contribution in [0.2, 0.25) is 15.3 Å². The number of anilines is 1. The maximum atomic E-state index is 13.5. The molecule has 0 unspecified atom stereocenters. The maximum Gasteiger partial charge on any atom is 0.411 e. The molecule has 0 saturated heterocycles. The summed E-state index contributed by atoms with van der Waals surface area (Å²) in [5, 5.41) is 25.3. The Kier molecular flexibility index (Phi) is 10.0. The van der Waals surface area contributed by atoms with Crippen LogP contribution < -0.4 is 10.5 Å². The van der Waals surface area contributed by atoms with Crippen LogP contribution in [0.15, 0.2) is 59.7 Å². The average molecular weight is 688 g/mol. The predicted molar refractivity (Wildman–Crippen MR) is 170 cm³/mol. The van der Waals surface area contributed by atoms with E-state index >= 15 is 0 Å². The third-order valence-electron chi connectivity index (χ3n) is 7.16. The molecule has 238 valence electrons. The van der Waals surface area contributed by atoms with Crippen molar-refractivity contribution in [3.63, 3.8) is 0 Å². The molecule has 0 saturated carbocycles. The Bertz CT molecular complexity index is 1940. The van der Waals surface area contributed by atoms with Crippen molar-refractivity contribution >= 4 is 53.1 Å². The number of H-pyrrole nitrogens is 1. The first-order valence-electron chi connectivity index (χ1n) is 13.6. The Labute approximate surface area is 275 Å². The zero-order chi connectivity index (χ0) is 33.0. The van der Waals surface area contributed by atoms with Crippen LogP contribution in [-0.4, -0.2) is 77.6 Å². The van der Waals surface area contributed by atoms with Gasteiger partial charge in [-0.3, -0.25) is 19.5 Å². The molecule has 5 aromatic rings. The van der Waals surface area contributed by atoms with Gasteiger partial charge in [-0.1, -0.05) is 40.0 Å². The second-order valence-corrected chi connectivity index (χ2v) is 11.1. The smallest absolute Gasteiger partial charge is 0.411 e. The van der Waals surface area contributed by atoms with Crippen LogP contribution in [0.5, 0.6) is 0 Å². The highest BCUT2D eigenvalue weighted by Crippen LogP contribution is 2.36. The summed E-state index contributed by atoms with van der Waals surface area (Å²) in [4.78, 5) is 46.9. The molecule has 1 amide bonds. The highest BCUT2D eigenvalue weighted by atomic mass is 35.5.